The predicted octanol–water partition coefficient (Wildman–Crippen LogP) is 2.20. The first-order valence-electron chi connectivity index (χ1n) is 3.17. The topological polar surface area (TPSA) is 23.9 Å². The van der Waals surface area contributed by atoms with Gasteiger partial charge in [0.15, 0.2) is 0 Å². The number of nitrogens with one attached hydrogen (secondary N) is 1. The van der Waals surface area contributed by atoms with Crippen LogP contribution in [0.1, 0.15) is 5.56 Å². The summed E-state index contributed by atoms with van der Waals surface area (Å²) in [5.74, 6) is 0.890. The van der Waals surface area contributed by atoms with Gasteiger partial charge >= 0.3 is 0 Å². The summed E-state index contributed by atoms with van der Waals surface area (Å²) in [5, 5.41) is 0. The van der Waals surface area contributed by atoms with Gasteiger partial charge in [-0.1, -0.05) is 30.3 Å². The van der Waals surface area contributed by atoms with Crippen LogP contribution in [0, 0.1) is 4.78 Å². The van der Waals surface area contributed by atoms with Crippen LogP contribution < -0.4 is 0 Å². The molecule has 1 aromatic rings. The zero-order valence-corrected chi connectivity index (χ0v) is 6.82. The van der Waals surface area contributed by atoms with Crippen molar-refractivity contribution in [1.29, 1.82) is 4.78 Å². The Labute approximate surface area is 64.0 Å². The molecule has 0 spiro atoms. The Balaban J connectivity index is 2.67. The van der Waals surface area contributed by atoms with Crippen LogP contribution >= 0.6 is 0 Å². The third-order valence-corrected chi connectivity index (χ3v) is 1.99. The summed E-state index contributed by atoms with van der Waals surface area (Å²) in [4.78, 5) is 0. The van der Waals surface area contributed by atoms with E-state index in [1.165, 1.54) is 5.56 Å². The quantitative estimate of drug-likeness (QED) is 0.673. The van der Waals surface area contributed by atoms with Gasteiger partial charge in [0.2, 0.25) is 0 Å². The van der Waals surface area contributed by atoms with Crippen LogP contribution in [0.3, 0.4) is 0 Å². The summed E-state index contributed by atoms with van der Waals surface area (Å²) in [6, 6.07) is 10.2. The Hall–Kier alpha value is -0.630. The monoisotopic (exact) mass is 153 g/mol. The van der Waals surface area contributed by atoms with E-state index in [0.717, 1.165) is 5.75 Å². The number of rotatable bonds is 2. The molecule has 0 aliphatic carbocycles. The molecule has 0 radical (unpaired) electrons. The maximum atomic E-state index is 7.34. The third-order valence-electron chi connectivity index (χ3n) is 1.23. The van der Waals surface area contributed by atoms with Crippen LogP contribution in [0.2, 0.25) is 0 Å². The minimum atomic E-state index is -0.217. The summed E-state index contributed by atoms with van der Waals surface area (Å²) in [5.41, 5.74) is 1.27. The number of hydrogen-bond donors (Lipinski definition) is 1. The van der Waals surface area contributed by atoms with Crippen molar-refractivity contribution in [1.82, 2.24) is 0 Å². The van der Waals surface area contributed by atoms with Crippen molar-refractivity contribution in [2.75, 3.05) is 6.26 Å². The van der Waals surface area contributed by atoms with E-state index in [0.29, 0.717) is 0 Å². The predicted molar refractivity (Wildman–Crippen MR) is 46.2 cm³/mol. The molecule has 54 valence electrons. The molecule has 10 heavy (non-hydrogen) atoms. The Morgan fingerprint density at radius 2 is 1.90 bits per heavy atom. The Morgan fingerprint density at radius 3 is 2.40 bits per heavy atom. The van der Waals surface area contributed by atoms with E-state index < -0.39 is 0 Å². The summed E-state index contributed by atoms with van der Waals surface area (Å²) >= 11 is 0. The molecule has 1 unspecified atom stereocenters. The van der Waals surface area contributed by atoms with Gasteiger partial charge in [-0.05, 0) is 11.8 Å². The highest BCUT2D eigenvalue weighted by Crippen LogP contribution is 2.00. The standard InChI is InChI=1S/C8H11NS/c1-10(9)7-8-5-3-2-4-6-8/h2-6,9H,7H2,1H3. The van der Waals surface area contributed by atoms with Gasteiger partial charge in [-0.25, -0.2) is 0 Å². The van der Waals surface area contributed by atoms with E-state index in [9.17, 15) is 0 Å². The Morgan fingerprint density at radius 1 is 1.30 bits per heavy atom. The van der Waals surface area contributed by atoms with Gasteiger partial charge in [0.1, 0.15) is 0 Å². The molecule has 1 aromatic carbocycles. The van der Waals surface area contributed by atoms with Gasteiger partial charge in [-0.15, -0.1) is 10.7 Å². The highest BCUT2D eigenvalue weighted by Gasteiger charge is 1.88. The number of hydrogen-bond acceptors (Lipinski definition) is 1. The first kappa shape index (κ1) is 7.48. The molecule has 0 amide bonds. The SMILES string of the molecule is CS(=N)Cc1ccccc1. The van der Waals surface area contributed by atoms with Crippen molar-refractivity contribution in [3.05, 3.63) is 35.9 Å². The minimum Gasteiger partial charge on any atom is -0.280 e. The average Bonchev–Trinajstić information content (AvgIpc) is 1.88. The Bertz CT molecular complexity index is 218. The lowest BCUT2D eigenvalue weighted by Crippen LogP contribution is -1.88. The molecule has 2 heteroatoms. The molecule has 0 aliphatic rings. The number of benzene rings is 1. The molecule has 0 saturated heterocycles. The van der Waals surface area contributed by atoms with Crippen molar-refractivity contribution >= 4 is 10.7 Å². The van der Waals surface area contributed by atoms with Crippen molar-refractivity contribution in [3.8, 4) is 0 Å². The normalized spacial score (nSPS) is 12.9. The van der Waals surface area contributed by atoms with Crippen molar-refractivity contribution in [2.45, 2.75) is 5.75 Å². The fraction of sp³-hybridized carbons (Fsp3) is 0.250. The van der Waals surface area contributed by atoms with Gasteiger partial charge in [0.25, 0.3) is 0 Å². The van der Waals surface area contributed by atoms with E-state index in [1.54, 1.807) is 0 Å². The van der Waals surface area contributed by atoms with Gasteiger partial charge in [0, 0.05) is 5.75 Å². The lowest BCUT2D eigenvalue weighted by molar-refractivity contribution is 1.39. The van der Waals surface area contributed by atoms with Crippen LogP contribution in [-0.4, -0.2) is 6.26 Å². The third kappa shape index (κ3) is 2.31. The summed E-state index contributed by atoms with van der Waals surface area (Å²) < 4.78 is 7.34. The lowest BCUT2D eigenvalue weighted by Gasteiger charge is -1.97. The smallest absolute Gasteiger partial charge is 0.0287 e. The van der Waals surface area contributed by atoms with E-state index in [2.05, 4.69) is 12.1 Å². The highest BCUT2D eigenvalue weighted by atomic mass is 32.2. The Kier molecular flexibility index (Phi) is 2.63. The van der Waals surface area contributed by atoms with Gasteiger partial charge < -0.3 is 0 Å². The van der Waals surface area contributed by atoms with Crippen LogP contribution in [-0.2, 0) is 16.4 Å². The molecular weight excluding hydrogens is 142 g/mol. The molecule has 0 heterocycles. The fourth-order valence-corrected chi connectivity index (χ4v) is 1.52. The average molecular weight is 153 g/mol. The molecule has 0 aromatic heterocycles. The second-order valence-electron chi connectivity index (χ2n) is 2.27. The first-order chi connectivity index (χ1) is 4.79. The van der Waals surface area contributed by atoms with Gasteiger partial charge in [-0.3, -0.25) is 4.78 Å². The van der Waals surface area contributed by atoms with Crippen molar-refractivity contribution < 1.29 is 0 Å². The first-order valence-corrected chi connectivity index (χ1v) is 4.97. The zero-order valence-electron chi connectivity index (χ0n) is 6.00. The maximum Gasteiger partial charge on any atom is 0.0287 e. The van der Waals surface area contributed by atoms with E-state index in [-0.39, 0.29) is 10.7 Å². The largest absolute Gasteiger partial charge is 0.280 e. The summed E-state index contributed by atoms with van der Waals surface area (Å²) in [6.45, 7) is 0. The second kappa shape index (κ2) is 3.52. The molecule has 1 nitrogen and oxygen atoms in total. The van der Waals surface area contributed by atoms with Crippen molar-refractivity contribution in [3.63, 3.8) is 0 Å². The lowest BCUT2D eigenvalue weighted by atomic mass is 10.2. The van der Waals surface area contributed by atoms with E-state index in [1.807, 2.05) is 24.5 Å². The summed E-state index contributed by atoms with van der Waals surface area (Å²) in [7, 11) is -0.217. The molecule has 1 rings (SSSR count). The van der Waals surface area contributed by atoms with Crippen LogP contribution in [0.25, 0.3) is 0 Å². The molecule has 0 fully saturated rings. The fourth-order valence-electron chi connectivity index (χ4n) is 0.824. The molecular formula is C8H11NS. The zero-order chi connectivity index (χ0) is 7.40. The minimum absolute atomic E-state index is 0.217. The van der Waals surface area contributed by atoms with Crippen LogP contribution in [0.15, 0.2) is 30.3 Å². The molecule has 0 saturated carbocycles. The van der Waals surface area contributed by atoms with Gasteiger partial charge in [-0.2, -0.15) is 0 Å². The summed E-state index contributed by atoms with van der Waals surface area (Å²) in [6.07, 6.45) is 1.94. The van der Waals surface area contributed by atoms with Crippen LogP contribution in [0.5, 0.6) is 0 Å². The van der Waals surface area contributed by atoms with E-state index in [4.69, 9.17) is 4.78 Å². The van der Waals surface area contributed by atoms with E-state index >= 15 is 0 Å². The highest BCUT2D eigenvalue weighted by molar-refractivity contribution is 7.84. The molecule has 1 N–H and O–H groups in total. The van der Waals surface area contributed by atoms with Crippen LogP contribution in [0.4, 0.5) is 0 Å². The molecule has 0 bridgehead atoms. The maximum absolute atomic E-state index is 7.34. The molecule has 1 atom stereocenters. The van der Waals surface area contributed by atoms with Gasteiger partial charge in [0.05, 0.1) is 0 Å². The van der Waals surface area contributed by atoms with Crippen molar-refractivity contribution in [2.24, 2.45) is 0 Å². The second-order valence-corrected chi connectivity index (χ2v) is 3.83. The molecule has 0 aliphatic heterocycles.